The van der Waals surface area contributed by atoms with Crippen LogP contribution in [0, 0.1) is 0 Å². The largest absolute Gasteiger partial charge is 0.493 e. The van der Waals surface area contributed by atoms with Crippen molar-refractivity contribution in [2.45, 2.75) is 31.8 Å². The first-order valence-electron chi connectivity index (χ1n) is 6.65. The summed E-state index contributed by atoms with van der Waals surface area (Å²) < 4.78 is 11.4. The van der Waals surface area contributed by atoms with E-state index in [1.54, 1.807) is 7.11 Å². The molecule has 0 saturated heterocycles. The maximum absolute atomic E-state index is 6.25. The number of hydrogen-bond donors (Lipinski definition) is 1. The summed E-state index contributed by atoms with van der Waals surface area (Å²) in [6, 6.07) is 3.72. The number of methoxy groups -OCH3 is 1. The van der Waals surface area contributed by atoms with Gasteiger partial charge in [-0.2, -0.15) is 0 Å². The van der Waals surface area contributed by atoms with Gasteiger partial charge >= 0.3 is 0 Å². The van der Waals surface area contributed by atoms with Crippen molar-refractivity contribution >= 4 is 17.7 Å². The second-order valence-corrected chi connectivity index (χ2v) is 5.09. The average Bonchev–Trinajstić information content (AvgIpc) is 2.91. The van der Waals surface area contributed by atoms with Crippen molar-refractivity contribution in [3.8, 4) is 11.5 Å². The quantitative estimate of drug-likeness (QED) is 0.896. The summed E-state index contributed by atoms with van der Waals surface area (Å²) in [4.78, 5) is 0. The van der Waals surface area contributed by atoms with Gasteiger partial charge in [-0.15, -0.1) is 0 Å². The molecule has 0 heterocycles. The zero-order chi connectivity index (χ0) is 13.7. The van der Waals surface area contributed by atoms with Crippen molar-refractivity contribution in [1.82, 2.24) is 0 Å². The molecule has 1 saturated carbocycles. The fraction of sp³-hybridized carbons (Fsp3) is 0.467. The summed E-state index contributed by atoms with van der Waals surface area (Å²) in [5.74, 6) is 1.44. The van der Waals surface area contributed by atoms with Gasteiger partial charge in [-0.3, -0.25) is 0 Å². The third-order valence-corrected chi connectivity index (χ3v) is 3.64. The molecule has 1 aromatic rings. The van der Waals surface area contributed by atoms with Crippen LogP contribution in [0.2, 0.25) is 5.02 Å². The highest BCUT2D eigenvalue weighted by Crippen LogP contribution is 2.36. The standard InChI is InChI=1S/C15H20ClNO2/c1-18-14-9-11(5-4-8-17)13(16)10-15(14)19-12-6-2-3-7-12/h4-5,9-10,12H,2-3,6-8,17H2,1H3/b5-4+. The molecule has 0 atom stereocenters. The Balaban J connectivity index is 2.22. The maximum Gasteiger partial charge on any atom is 0.163 e. The van der Waals surface area contributed by atoms with Gasteiger partial charge in [0.25, 0.3) is 0 Å². The average molecular weight is 282 g/mol. The van der Waals surface area contributed by atoms with Crippen LogP contribution in [0.25, 0.3) is 6.08 Å². The van der Waals surface area contributed by atoms with Gasteiger partial charge in [-0.05, 0) is 37.3 Å². The minimum absolute atomic E-state index is 0.287. The Kier molecular flexibility index (Phi) is 5.11. The van der Waals surface area contributed by atoms with Crippen LogP contribution in [0.4, 0.5) is 0 Å². The van der Waals surface area contributed by atoms with Crippen molar-refractivity contribution in [2.24, 2.45) is 5.73 Å². The van der Waals surface area contributed by atoms with Gasteiger partial charge in [0.15, 0.2) is 11.5 Å². The SMILES string of the molecule is COc1cc(/C=C/CN)c(Cl)cc1OC1CCCC1. The molecule has 3 nitrogen and oxygen atoms in total. The van der Waals surface area contributed by atoms with Gasteiger partial charge < -0.3 is 15.2 Å². The van der Waals surface area contributed by atoms with Gasteiger partial charge in [0.1, 0.15) is 0 Å². The summed E-state index contributed by atoms with van der Waals surface area (Å²) in [5, 5.41) is 0.651. The fourth-order valence-corrected chi connectivity index (χ4v) is 2.53. The number of halogens is 1. The lowest BCUT2D eigenvalue weighted by Crippen LogP contribution is -2.11. The maximum atomic E-state index is 6.25. The van der Waals surface area contributed by atoms with Gasteiger partial charge in [0, 0.05) is 12.6 Å². The summed E-state index contributed by atoms with van der Waals surface area (Å²) >= 11 is 6.25. The Bertz CT molecular complexity index is 454. The van der Waals surface area contributed by atoms with Crippen molar-refractivity contribution < 1.29 is 9.47 Å². The Morgan fingerprint density at radius 3 is 2.68 bits per heavy atom. The van der Waals surface area contributed by atoms with Gasteiger partial charge in [0.05, 0.1) is 18.2 Å². The first-order chi connectivity index (χ1) is 9.24. The van der Waals surface area contributed by atoms with Crippen molar-refractivity contribution in [1.29, 1.82) is 0 Å². The first kappa shape index (κ1) is 14.2. The molecule has 1 aliphatic rings. The predicted molar refractivity (Wildman–Crippen MR) is 79.0 cm³/mol. The second-order valence-electron chi connectivity index (χ2n) is 4.69. The van der Waals surface area contributed by atoms with Crippen LogP contribution < -0.4 is 15.2 Å². The molecule has 0 spiro atoms. The summed E-state index contributed by atoms with van der Waals surface area (Å²) in [5.41, 5.74) is 6.34. The van der Waals surface area contributed by atoms with Crippen LogP contribution in [0.15, 0.2) is 18.2 Å². The first-order valence-corrected chi connectivity index (χ1v) is 7.03. The number of hydrogen-bond acceptors (Lipinski definition) is 3. The lowest BCUT2D eigenvalue weighted by atomic mass is 10.1. The van der Waals surface area contributed by atoms with E-state index in [-0.39, 0.29) is 6.10 Å². The van der Waals surface area contributed by atoms with Crippen LogP contribution in [-0.2, 0) is 0 Å². The van der Waals surface area contributed by atoms with E-state index in [1.807, 2.05) is 24.3 Å². The molecule has 2 N–H and O–H groups in total. The second kappa shape index (κ2) is 6.83. The van der Waals surface area contributed by atoms with Crippen LogP contribution in [0.5, 0.6) is 11.5 Å². The van der Waals surface area contributed by atoms with Crippen LogP contribution in [0.1, 0.15) is 31.2 Å². The molecule has 19 heavy (non-hydrogen) atoms. The molecule has 1 fully saturated rings. The Morgan fingerprint density at radius 2 is 2.05 bits per heavy atom. The summed E-state index contributed by atoms with van der Waals surface area (Å²) in [7, 11) is 1.64. The molecule has 4 heteroatoms. The van der Waals surface area contributed by atoms with Crippen molar-refractivity contribution in [3.63, 3.8) is 0 Å². The van der Waals surface area contributed by atoms with E-state index in [9.17, 15) is 0 Å². The molecule has 0 bridgehead atoms. The summed E-state index contributed by atoms with van der Waals surface area (Å²) in [6.45, 7) is 0.485. The molecule has 0 aromatic heterocycles. The predicted octanol–water partition coefficient (Wildman–Crippen LogP) is 3.64. The number of ether oxygens (including phenoxy) is 2. The van der Waals surface area contributed by atoms with Crippen LogP contribution >= 0.6 is 11.6 Å². The van der Waals surface area contributed by atoms with Gasteiger partial charge in [0.2, 0.25) is 0 Å². The van der Waals surface area contributed by atoms with E-state index < -0.39 is 0 Å². The van der Waals surface area contributed by atoms with Crippen LogP contribution in [0.3, 0.4) is 0 Å². The summed E-state index contributed by atoms with van der Waals surface area (Å²) in [6.07, 6.45) is 8.72. The van der Waals surface area contributed by atoms with Crippen molar-refractivity contribution in [3.05, 3.63) is 28.8 Å². The normalized spacial score (nSPS) is 16.2. The molecule has 1 aromatic carbocycles. The Hall–Kier alpha value is -1.19. The highest BCUT2D eigenvalue weighted by Gasteiger charge is 2.19. The minimum atomic E-state index is 0.287. The zero-order valence-electron chi connectivity index (χ0n) is 11.2. The van der Waals surface area contributed by atoms with Gasteiger partial charge in [-0.25, -0.2) is 0 Å². The monoisotopic (exact) mass is 281 g/mol. The van der Waals surface area contributed by atoms with E-state index >= 15 is 0 Å². The highest BCUT2D eigenvalue weighted by molar-refractivity contribution is 6.32. The number of rotatable bonds is 5. The fourth-order valence-electron chi connectivity index (χ4n) is 2.31. The van der Waals surface area contributed by atoms with E-state index in [4.69, 9.17) is 26.8 Å². The molecule has 104 valence electrons. The third kappa shape index (κ3) is 3.64. The lowest BCUT2D eigenvalue weighted by molar-refractivity contribution is 0.201. The molecule has 2 rings (SSSR count). The van der Waals surface area contributed by atoms with E-state index in [2.05, 4.69) is 0 Å². The third-order valence-electron chi connectivity index (χ3n) is 3.31. The smallest absolute Gasteiger partial charge is 0.163 e. The highest BCUT2D eigenvalue weighted by atomic mass is 35.5. The van der Waals surface area contributed by atoms with Gasteiger partial charge in [-0.1, -0.05) is 23.8 Å². The number of benzene rings is 1. The Labute approximate surface area is 119 Å². The van der Waals surface area contributed by atoms with E-state index in [0.717, 1.165) is 24.2 Å². The molecular weight excluding hydrogens is 262 g/mol. The zero-order valence-corrected chi connectivity index (χ0v) is 12.0. The molecule has 0 unspecified atom stereocenters. The topological polar surface area (TPSA) is 44.5 Å². The van der Waals surface area contributed by atoms with Crippen LogP contribution in [-0.4, -0.2) is 19.8 Å². The Morgan fingerprint density at radius 1 is 1.32 bits per heavy atom. The molecule has 1 aliphatic carbocycles. The van der Waals surface area contributed by atoms with Crippen molar-refractivity contribution in [2.75, 3.05) is 13.7 Å². The van der Waals surface area contributed by atoms with E-state index in [1.165, 1.54) is 12.8 Å². The molecule has 0 amide bonds. The molecular formula is C15H20ClNO2. The minimum Gasteiger partial charge on any atom is -0.493 e. The van der Waals surface area contributed by atoms with E-state index in [0.29, 0.717) is 17.3 Å². The lowest BCUT2D eigenvalue weighted by Gasteiger charge is -2.17. The number of nitrogens with two attached hydrogens (primary N) is 1. The molecule has 0 radical (unpaired) electrons. The molecule has 0 aliphatic heterocycles.